The van der Waals surface area contributed by atoms with Crippen molar-refractivity contribution in [1.29, 1.82) is 0 Å². The molecule has 0 spiro atoms. The van der Waals surface area contributed by atoms with Gasteiger partial charge in [-0.05, 0) is 49.2 Å². The number of benzene rings is 2. The molecule has 1 amide bonds. The van der Waals surface area contributed by atoms with Crippen molar-refractivity contribution in [2.24, 2.45) is 0 Å². The van der Waals surface area contributed by atoms with Crippen LogP contribution < -0.4 is 10.2 Å². The van der Waals surface area contributed by atoms with Gasteiger partial charge >= 0.3 is 0 Å². The van der Waals surface area contributed by atoms with Gasteiger partial charge in [0.1, 0.15) is 5.69 Å². The molecule has 2 heterocycles. The summed E-state index contributed by atoms with van der Waals surface area (Å²) in [5, 5.41) is 3.02. The second-order valence-electron chi connectivity index (χ2n) is 6.17. The van der Waals surface area contributed by atoms with E-state index in [4.69, 9.17) is 0 Å². The molecular weight excluding hydrogens is 310 g/mol. The van der Waals surface area contributed by atoms with Gasteiger partial charge in [-0.1, -0.05) is 36.4 Å². The lowest BCUT2D eigenvalue weighted by molar-refractivity contribution is 0.102. The molecule has 4 heteroatoms. The van der Waals surface area contributed by atoms with Crippen LogP contribution >= 0.6 is 0 Å². The van der Waals surface area contributed by atoms with Crippen molar-refractivity contribution in [1.82, 2.24) is 4.98 Å². The second-order valence-corrected chi connectivity index (χ2v) is 6.17. The number of fused-ring (bicyclic) bond motifs is 1. The fourth-order valence-corrected chi connectivity index (χ4v) is 3.26. The summed E-state index contributed by atoms with van der Waals surface area (Å²) in [7, 11) is 0. The fraction of sp³-hybridized carbons (Fsp3) is 0.143. The van der Waals surface area contributed by atoms with Crippen molar-refractivity contribution >= 4 is 23.0 Å². The number of amides is 1. The highest BCUT2D eigenvalue weighted by Crippen LogP contribution is 2.38. The molecule has 0 atom stereocenters. The quantitative estimate of drug-likeness (QED) is 0.777. The molecule has 3 aromatic rings. The van der Waals surface area contributed by atoms with Gasteiger partial charge in [-0.15, -0.1) is 0 Å². The zero-order valence-corrected chi connectivity index (χ0v) is 14.1. The van der Waals surface area contributed by atoms with Gasteiger partial charge in [-0.25, -0.2) is 4.98 Å². The summed E-state index contributed by atoms with van der Waals surface area (Å²) in [6.07, 6.45) is 1.01. The standard InChI is InChI=1S/C21H19N3O/c1-15-7-6-10-18(22-15)21(25)23-17-9-3-5-12-20(17)24-14-13-16-8-2-4-11-19(16)24/h2-12H,13-14H2,1H3,(H,23,25). The number of aromatic nitrogens is 1. The van der Waals surface area contributed by atoms with Gasteiger partial charge in [-0.3, -0.25) is 4.79 Å². The Morgan fingerprint density at radius 1 is 0.960 bits per heavy atom. The number of pyridine rings is 1. The molecule has 0 saturated heterocycles. The lowest BCUT2D eigenvalue weighted by Crippen LogP contribution is -2.19. The molecule has 0 radical (unpaired) electrons. The van der Waals surface area contributed by atoms with Crippen LogP contribution in [0.15, 0.2) is 66.7 Å². The molecule has 1 aromatic heterocycles. The lowest BCUT2D eigenvalue weighted by Gasteiger charge is -2.23. The molecule has 124 valence electrons. The van der Waals surface area contributed by atoms with E-state index in [2.05, 4.69) is 39.5 Å². The highest BCUT2D eigenvalue weighted by Gasteiger charge is 2.22. The van der Waals surface area contributed by atoms with Crippen molar-refractivity contribution in [3.8, 4) is 0 Å². The molecule has 4 rings (SSSR count). The molecule has 0 saturated carbocycles. The first-order valence-electron chi connectivity index (χ1n) is 8.42. The van der Waals surface area contributed by atoms with Crippen LogP contribution in [-0.4, -0.2) is 17.4 Å². The molecule has 0 fully saturated rings. The van der Waals surface area contributed by atoms with Crippen LogP contribution in [0.25, 0.3) is 0 Å². The van der Waals surface area contributed by atoms with Gasteiger partial charge in [0.15, 0.2) is 0 Å². The maximum absolute atomic E-state index is 12.6. The number of hydrogen-bond donors (Lipinski definition) is 1. The van der Waals surface area contributed by atoms with Crippen molar-refractivity contribution < 1.29 is 4.79 Å². The number of rotatable bonds is 3. The van der Waals surface area contributed by atoms with E-state index in [-0.39, 0.29) is 5.91 Å². The molecule has 4 nitrogen and oxygen atoms in total. The predicted octanol–water partition coefficient (Wildman–Crippen LogP) is 4.34. The summed E-state index contributed by atoms with van der Waals surface area (Å²) in [4.78, 5) is 19.2. The summed E-state index contributed by atoms with van der Waals surface area (Å²) in [5.74, 6) is -0.191. The highest BCUT2D eigenvalue weighted by atomic mass is 16.1. The first-order chi connectivity index (χ1) is 12.2. The van der Waals surface area contributed by atoms with Crippen LogP contribution in [0.2, 0.25) is 0 Å². The minimum atomic E-state index is -0.191. The summed E-state index contributed by atoms with van der Waals surface area (Å²) >= 11 is 0. The number of carbonyl (C=O) groups excluding carboxylic acids is 1. The van der Waals surface area contributed by atoms with Crippen LogP contribution in [-0.2, 0) is 6.42 Å². The maximum atomic E-state index is 12.6. The van der Waals surface area contributed by atoms with E-state index in [0.717, 1.165) is 30.0 Å². The zero-order valence-electron chi connectivity index (χ0n) is 14.1. The summed E-state index contributed by atoms with van der Waals surface area (Å²) < 4.78 is 0. The van der Waals surface area contributed by atoms with Crippen molar-refractivity contribution in [3.05, 3.63) is 83.7 Å². The summed E-state index contributed by atoms with van der Waals surface area (Å²) in [6, 6.07) is 21.8. The molecule has 0 unspecified atom stereocenters. The van der Waals surface area contributed by atoms with Crippen molar-refractivity contribution in [3.63, 3.8) is 0 Å². The Kier molecular flexibility index (Phi) is 3.94. The number of hydrogen-bond acceptors (Lipinski definition) is 3. The van der Waals surface area contributed by atoms with Crippen LogP contribution in [0.3, 0.4) is 0 Å². The van der Waals surface area contributed by atoms with E-state index in [1.807, 2.05) is 43.3 Å². The van der Waals surface area contributed by atoms with Gasteiger partial charge in [0.05, 0.1) is 11.4 Å². The van der Waals surface area contributed by atoms with E-state index < -0.39 is 0 Å². The van der Waals surface area contributed by atoms with Crippen molar-refractivity contribution in [2.75, 3.05) is 16.8 Å². The third kappa shape index (κ3) is 2.98. The largest absolute Gasteiger partial charge is 0.339 e. The molecule has 25 heavy (non-hydrogen) atoms. The molecule has 1 N–H and O–H groups in total. The fourth-order valence-electron chi connectivity index (χ4n) is 3.26. The van der Waals surface area contributed by atoms with E-state index >= 15 is 0 Å². The molecule has 0 aliphatic carbocycles. The van der Waals surface area contributed by atoms with Gasteiger partial charge in [0.25, 0.3) is 5.91 Å². The number of nitrogens with zero attached hydrogens (tertiary/aromatic N) is 2. The zero-order chi connectivity index (χ0) is 17.2. The third-order valence-corrected chi connectivity index (χ3v) is 4.45. The third-order valence-electron chi connectivity index (χ3n) is 4.45. The minimum Gasteiger partial charge on any atom is -0.339 e. The highest BCUT2D eigenvalue weighted by molar-refractivity contribution is 6.05. The SMILES string of the molecule is Cc1cccc(C(=O)Nc2ccccc2N2CCc3ccccc32)n1. The Bertz CT molecular complexity index is 936. The predicted molar refractivity (Wildman–Crippen MR) is 101 cm³/mol. The lowest BCUT2D eigenvalue weighted by atomic mass is 10.1. The van der Waals surface area contributed by atoms with Crippen LogP contribution in [0.1, 0.15) is 21.7 Å². The van der Waals surface area contributed by atoms with Gasteiger partial charge in [0.2, 0.25) is 0 Å². The monoisotopic (exact) mass is 329 g/mol. The Morgan fingerprint density at radius 3 is 2.56 bits per heavy atom. The Morgan fingerprint density at radius 2 is 1.72 bits per heavy atom. The first-order valence-corrected chi connectivity index (χ1v) is 8.42. The van der Waals surface area contributed by atoms with E-state index in [1.54, 1.807) is 6.07 Å². The smallest absolute Gasteiger partial charge is 0.274 e. The van der Waals surface area contributed by atoms with Crippen LogP contribution in [0, 0.1) is 6.92 Å². The molecule has 1 aliphatic rings. The Labute approximate surface area is 147 Å². The Hall–Kier alpha value is -3.14. The number of anilines is 3. The normalized spacial score (nSPS) is 12.8. The Balaban J connectivity index is 1.65. The van der Waals surface area contributed by atoms with E-state index in [9.17, 15) is 4.79 Å². The number of aryl methyl sites for hydroxylation is 1. The minimum absolute atomic E-state index is 0.191. The average Bonchev–Trinajstić information content (AvgIpc) is 3.06. The summed E-state index contributed by atoms with van der Waals surface area (Å²) in [5.41, 5.74) is 5.61. The van der Waals surface area contributed by atoms with E-state index in [1.165, 1.54) is 11.3 Å². The van der Waals surface area contributed by atoms with Gasteiger partial charge in [-0.2, -0.15) is 0 Å². The van der Waals surface area contributed by atoms with E-state index in [0.29, 0.717) is 5.69 Å². The number of para-hydroxylation sites is 3. The second kappa shape index (κ2) is 6.40. The topological polar surface area (TPSA) is 45.2 Å². The number of carbonyl (C=O) groups is 1. The van der Waals surface area contributed by atoms with Gasteiger partial charge < -0.3 is 10.2 Å². The first kappa shape index (κ1) is 15.4. The van der Waals surface area contributed by atoms with Crippen molar-refractivity contribution in [2.45, 2.75) is 13.3 Å². The molecular formula is C21H19N3O. The summed E-state index contributed by atoms with van der Waals surface area (Å²) in [6.45, 7) is 2.79. The van der Waals surface area contributed by atoms with Crippen LogP contribution in [0.4, 0.5) is 17.1 Å². The molecule has 1 aliphatic heterocycles. The van der Waals surface area contributed by atoms with Gasteiger partial charge in [0, 0.05) is 17.9 Å². The molecule has 2 aromatic carbocycles. The maximum Gasteiger partial charge on any atom is 0.274 e. The molecule has 0 bridgehead atoms. The number of nitrogens with one attached hydrogen (secondary N) is 1. The van der Waals surface area contributed by atoms with Crippen LogP contribution in [0.5, 0.6) is 0 Å². The average molecular weight is 329 g/mol.